The lowest BCUT2D eigenvalue weighted by Crippen LogP contribution is -2.24. The highest BCUT2D eigenvalue weighted by atomic mass is 15.3. The van der Waals surface area contributed by atoms with Crippen molar-refractivity contribution in [3.8, 4) is 0 Å². The summed E-state index contributed by atoms with van der Waals surface area (Å²) < 4.78 is 0. The van der Waals surface area contributed by atoms with Gasteiger partial charge < -0.3 is 4.90 Å². The van der Waals surface area contributed by atoms with E-state index in [4.69, 9.17) is 0 Å². The molecule has 0 spiro atoms. The molecule has 1 fully saturated rings. The van der Waals surface area contributed by atoms with Crippen LogP contribution in [0.5, 0.6) is 0 Å². The summed E-state index contributed by atoms with van der Waals surface area (Å²) in [6, 6.07) is 11.3. The van der Waals surface area contributed by atoms with Gasteiger partial charge in [-0.15, -0.1) is 5.10 Å². The van der Waals surface area contributed by atoms with Crippen LogP contribution < -0.4 is 4.90 Å². The quantitative estimate of drug-likeness (QED) is 0.830. The third-order valence-electron chi connectivity index (χ3n) is 4.31. The zero-order valence-corrected chi connectivity index (χ0v) is 12.4. The number of rotatable bonds is 2. The van der Waals surface area contributed by atoms with Gasteiger partial charge in [-0.3, -0.25) is 0 Å². The van der Waals surface area contributed by atoms with Crippen LogP contribution in [0.1, 0.15) is 41.3 Å². The second-order valence-corrected chi connectivity index (χ2v) is 5.68. The summed E-state index contributed by atoms with van der Waals surface area (Å²) in [6.45, 7) is 7.37. The Hall–Kier alpha value is -1.90. The molecule has 2 heterocycles. The van der Waals surface area contributed by atoms with Crippen LogP contribution >= 0.6 is 0 Å². The fraction of sp³-hybridized carbons (Fsp3) is 0.412. The van der Waals surface area contributed by atoms with Crippen molar-refractivity contribution in [1.29, 1.82) is 0 Å². The zero-order chi connectivity index (χ0) is 14.1. The summed E-state index contributed by atoms with van der Waals surface area (Å²) >= 11 is 0. The minimum absolute atomic E-state index is 0.438. The molecule has 1 aliphatic heterocycles. The molecule has 2 aromatic rings. The number of aryl methyl sites for hydroxylation is 3. The minimum Gasteiger partial charge on any atom is -0.348 e. The van der Waals surface area contributed by atoms with E-state index in [1.54, 1.807) is 0 Å². The van der Waals surface area contributed by atoms with Gasteiger partial charge in [0.2, 0.25) is 0 Å². The van der Waals surface area contributed by atoms with Crippen molar-refractivity contribution in [3.63, 3.8) is 0 Å². The van der Waals surface area contributed by atoms with Gasteiger partial charge in [-0.1, -0.05) is 24.3 Å². The first-order valence-corrected chi connectivity index (χ1v) is 7.30. The van der Waals surface area contributed by atoms with Crippen molar-refractivity contribution in [2.24, 2.45) is 0 Å². The maximum atomic E-state index is 4.40. The topological polar surface area (TPSA) is 29.0 Å². The first kappa shape index (κ1) is 13.1. The fourth-order valence-electron chi connectivity index (χ4n) is 3.00. The molecule has 1 aromatic carbocycles. The fourth-order valence-corrected chi connectivity index (χ4v) is 3.00. The summed E-state index contributed by atoms with van der Waals surface area (Å²) in [7, 11) is 0. The lowest BCUT2D eigenvalue weighted by molar-refractivity contribution is 0.699. The standard InChI is InChI=1S/C17H21N3/c1-12-7-4-5-8-15(12)16-9-6-10-20(16)17-11-13(2)14(3)18-19-17/h4-5,7-8,11,16H,6,9-10H2,1-3H3. The van der Waals surface area contributed by atoms with E-state index in [1.165, 1.54) is 29.5 Å². The van der Waals surface area contributed by atoms with Crippen molar-refractivity contribution in [1.82, 2.24) is 10.2 Å². The number of hydrogen-bond acceptors (Lipinski definition) is 3. The summed E-state index contributed by atoms with van der Waals surface area (Å²) in [5.74, 6) is 1.01. The van der Waals surface area contributed by atoms with Gasteiger partial charge in [0.05, 0.1) is 11.7 Å². The van der Waals surface area contributed by atoms with Gasteiger partial charge in [-0.05, 0) is 56.4 Å². The molecule has 104 valence electrons. The van der Waals surface area contributed by atoms with Crippen LogP contribution in [0.4, 0.5) is 5.82 Å². The average molecular weight is 267 g/mol. The van der Waals surface area contributed by atoms with Crippen LogP contribution in [0.25, 0.3) is 0 Å². The van der Waals surface area contributed by atoms with Crippen molar-refractivity contribution in [2.75, 3.05) is 11.4 Å². The van der Waals surface area contributed by atoms with Crippen molar-refractivity contribution < 1.29 is 0 Å². The van der Waals surface area contributed by atoms with E-state index in [1.807, 2.05) is 6.92 Å². The molecule has 1 atom stereocenters. The van der Waals surface area contributed by atoms with E-state index in [0.29, 0.717) is 6.04 Å². The Morgan fingerprint density at radius 3 is 2.60 bits per heavy atom. The van der Waals surface area contributed by atoms with Crippen molar-refractivity contribution >= 4 is 5.82 Å². The monoisotopic (exact) mass is 267 g/mol. The number of benzene rings is 1. The molecule has 0 amide bonds. The zero-order valence-electron chi connectivity index (χ0n) is 12.4. The summed E-state index contributed by atoms with van der Waals surface area (Å²) in [5, 5.41) is 8.68. The van der Waals surface area contributed by atoms with Crippen LogP contribution in [0.2, 0.25) is 0 Å². The molecule has 3 heteroatoms. The minimum atomic E-state index is 0.438. The summed E-state index contributed by atoms with van der Waals surface area (Å²) in [5.41, 5.74) is 5.01. The molecular weight excluding hydrogens is 246 g/mol. The molecule has 0 bridgehead atoms. The summed E-state index contributed by atoms with van der Waals surface area (Å²) in [6.07, 6.45) is 2.41. The lowest BCUT2D eigenvalue weighted by Gasteiger charge is -2.27. The molecule has 1 saturated heterocycles. The van der Waals surface area contributed by atoms with E-state index in [-0.39, 0.29) is 0 Å². The molecule has 20 heavy (non-hydrogen) atoms. The Labute approximate surface area is 120 Å². The Kier molecular flexibility index (Phi) is 3.43. The van der Waals surface area contributed by atoms with E-state index in [2.05, 4.69) is 59.3 Å². The first-order chi connectivity index (χ1) is 9.66. The molecule has 1 unspecified atom stereocenters. The van der Waals surface area contributed by atoms with Gasteiger partial charge in [0.25, 0.3) is 0 Å². The van der Waals surface area contributed by atoms with Gasteiger partial charge in [0.15, 0.2) is 5.82 Å². The van der Waals surface area contributed by atoms with Gasteiger partial charge in [0, 0.05) is 6.54 Å². The number of hydrogen-bond donors (Lipinski definition) is 0. The average Bonchev–Trinajstić information content (AvgIpc) is 2.91. The second-order valence-electron chi connectivity index (χ2n) is 5.68. The van der Waals surface area contributed by atoms with Crippen LogP contribution in [0.3, 0.4) is 0 Å². The molecule has 3 nitrogen and oxygen atoms in total. The van der Waals surface area contributed by atoms with Gasteiger partial charge in [-0.25, -0.2) is 0 Å². The predicted octanol–water partition coefficient (Wildman–Crippen LogP) is 3.74. The SMILES string of the molecule is Cc1ccccc1C1CCCN1c1cc(C)c(C)nn1. The van der Waals surface area contributed by atoms with Crippen LogP contribution in [0.15, 0.2) is 30.3 Å². The molecule has 0 N–H and O–H groups in total. The molecule has 0 saturated carbocycles. The predicted molar refractivity (Wildman–Crippen MR) is 82.0 cm³/mol. The Morgan fingerprint density at radius 1 is 1.05 bits per heavy atom. The third-order valence-corrected chi connectivity index (χ3v) is 4.31. The van der Waals surface area contributed by atoms with Gasteiger partial charge >= 0.3 is 0 Å². The molecule has 3 rings (SSSR count). The van der Waals surface area contributed by atoms with Crippen LogP contribution in [-0.4, -0.2) is 16.7 Å². The molecule has 0 aliphatic carbocycles. The Bertz CT molecular complexity index is 621. The van der Waals surface area contributed by atoms with Gasteiger partial charge in [-0.2, -0.15) is 5.10 Å². The second kappa shape index (κ2) is 5.23. The van der Waals surface area contributed by atoms with Gasteiger partial charge in [0.1, 0.15) is 0 Å². The Morgan fingerprint density at radius 2 is 1.85 bits per heavy atom. The summed E-state index contributed by atoms with van der Waals surface area (Å²) in [4.78, 5) is 2.40. The largest absolute Gasteiger partial charge is 0.348 e. The lowest BCUT2D eigenvalue weighted by atomic mass is 9.99. The number of nitrogens with zero attached hydrogens (tertiary/aromatic N) is 3. The third kappa shape index (κ3) is 2.28. The van der Waals surface area contributed by atoms with E-state index >= 15 is 0 Å². The van der Waals surface area contributed by atoms with Crippen LogP contribution in [-0.2, 0) is 0 Å². The van der Waals surface area contributed by atoms with Crippen molar-refractivity contribution in [3.05, 3.63) is 52.7 Å². The molecular formula is C17H21N3. The highest BCUT2D eigenvalue weighted by Crippen LogP contribution is 2.36. The maximum absolute atomic E-state index is 4.40. The smallest absolute Gasteiger partial charge is 0.152 e. The van der Waals surface area contributed by atoms with E-state index in [0.717, 1.165) is 18.1 Å². The Balaban J connectivity index is 1.96. The molecule has 1 aliphatic rings. The highest BCUT2D eigenvalue weighted by molar-refractivity contribution is 5.46. The highest BCUT2D eigenvalue weighted by Gasteiger charge is 2.28. The number of aromatic nitrogens is 2. The van der Waals surface area contributed by atoms with E-state index < -0.39 is 0 Å². The normalized spacial score (nSPS) is 18.6. The van der Waals surface area contributed by atoms with E-state index in [9.17, 15) is 0 Å². The molecule has 1 aromatic heterocycles. The first-order valence-electron chi connectivity index (χ1n) is 7.30. The maximum Gasteiger partial charge on any atom is 0.152 e. The number of anilines is 1. The molecule has 0 radical (unpaired) electrons. The van der Waals surface area contributed by atoms with Crippen LogP contribution in [0, 0.1) is 20.8 Å². The van der Waals surface area contributed by atoms with Crippen molar-refractivity contribution in [2.45, 2.75) is 39.7 Å².